The van der Waals surface area contributed by atoms with Gasteiger partial charge in [-0.3, -0.25) is 14.4 Å². The Morgan fingerprint density at radius 2 is 1.50 bits per heavy atom. The molecule has 40 heavy (non-hydrogen) atoms. The monoisotopic (exact) mass is 589 g/mol. The van der Waals surface area contributed by atoms with E-state index in [-0.39, 0.29) is 17.3 Å². The highest BCUT2D eigenvalue weighted by molar-refractivity contribution is 9.10. The summed E-state index contributed by atoms with van der Waals surface area (Å²) in [6.07, 6.45) is 3.90. The van der Waals surface area contributed by atoms with Gasteiger partial charge in [0.1, 0.15) is 17.2 Å². The van der Waals surface area contributed by atoms with Crippen LogP contribution < -0.4 is 9.64 Å². The van der Waals surface area contributed by atoms with E-state index in [0.29, 0.717) is 22.4 Å². The van der Waals surface area contributed by atoms with Crippen molar-refractivity contribution >= 4 is 45.0 Å². The summed E-state index contributed by atoms with van der Waals surface area (Å²) in [6.45, 7) is 0. The molecule has 1 fully saturated rings. The Kier molecular flexibility index (Phi) is 5.65. The van der Waals surface area contributed by atoms with Crippen LogP contribution in [0.5, 0.6) is 5.75 Å². The van der Waals surface area contributed by atoms with Crippen LogP contribution in [0.2, 0.25) is 0 Å². The van der Waals surface area contributed by atoms with Gasteiger partial charge in [-0.25, -0.2) is 0 Å². The van der Waals surface area contributed by atoms with Crippen LogP contribution in [0.25, 0.3) is 6.08 Å². The van der Waals surface area contributed by atoms with Gasteiger partial charge in [0.2, 0.25) is 0 Å². The van der Waals surface area contributed by atoms with Crippen molar-refractivity contribution in [3.63, 3.8) is 0 Å². The third kappa shape index (κ3) is 3.29. The average Bonchev–Trinajstić information content (AvgIpc) is 3.43. The molecule has 3 unspecified atom stereocenters. The van der Waals surface area contributed by atoms with E-state index in [1.54, 1.807) is 43.5 Å². The third-order valence-corrected chi connectivity index (χ3v) is 9.06. The summed E-state index contributed by atoms with van der Waals surface area (Å²) in [5, 5.41) is 0. The lowest BCUT2D eigenvalue weighted by Gasteiger charge is -2.37. The number of ether oxygens (including phenoxy) is 1. The Balaban J connectivity index is 1.54. The number of halogens is 1. The quantitative estimate of drug-likeness (QED) is 0.194. The van der Waals surface area contributed by atoms with E-state index in [2.05, 4.69) is 15.9 Å². The lowest BCUT2D eigenvalue weighted by molar-refractivity contribution is 0.0666. The Hall–Kier alpha value is -4.29. The van der Waals surface area contributed by atoms with Crippen LogP contribution in [0.4, 0.5) is 5.69 Å². The van der Waals surface area contributed by atoms with Crippen molar-refractivity contribution in [3.8, 4) is 5.75 Å². The van der Waals surface area contributed by atoms with Crippen LogP contribution in [-0.2, 0) is 0 Å². The third-order valence-electron chi connectivity index (χ3n) is 8.57. The number of hydrogen-bond acceptors (Lipinski definition) is 5. The van der Waals surface area contributed by atoms with E-state index >= 15 is 0 Å². The Morgan fingerprint density at radius 3 is 2.15 bits per heavy atom. The molecule has 4 aromatic carbocycles. The first-order chi connectivity index (χ1) is 19.5. The van der Waals surface area contributed by atoms with Gasteiger partial charge >= 0.3 is 0 Å². The van der Waals surface area contributed by atoms with Gasteiger partial charge < -0.3 is 9.64 Å². The molecule has 5 nitrogen and oxygen atoms in total. The first-order valence-corrected chi connectivity index (χ1v) is 13.9. The van der Waals surface area contributed by atoms with E-state index in [9.17, 15) is 14.4 Å². The predicted molar refractivity (Wildman–Crippen MR) is 157 cm³/mol. The van der Waals surface area contributed by atoms with Crippen LogP contribution >= 0.6 is 15.9 Å². The highest BCUT2D eigenvalue weighted by atomic mass is 79.9. The van der Waals surface area contributed by atoms with Crippen LogP contribution in [-0.4, -0.2) is 36.5 Å². The first-order valence-electron chi connectivity index (χ1n) is 13.1. The Morgan fingerprint density at radius 1 is 0.850 bits per heavy atom. The Bertz CT molecular complexity index is 1690. The average molecular weight is 590 g/mol. The molecule has 2 heterocycles. The normalized spacial score (nSPS) is 21.8. The molecule has 6 heteroatoms. The summed E-state index contributed by atoms with van der Waals surface area (Å²) in [5.74, 6) is -0.705. The molecule has 0 radical (unpaired) electrons. The topological polar surface area (TPSA) is 63.7 Å². The lowest BCUT2D eigenvalue weighted by Crippen LogP contribution is -2.48. The van der Waals surface area contributed by atoms with Gasteiger partial charge in [0, 0.05) is 32.8 Å². The minimum Gasteiger partial charge on any atom is -0.497 e. The van der Waals surface area contributed by atoms with Crippen LogP contribution in [0, 0.1) is 5.41 Å². The lowest BCUT2D eigenvalue weighted by atomic mass is 9.64. The molecule has 0 aromatic heterocycles. The van der Waals surface area contributed by atoms with E-state index < -0.39 is 23.4 Å². The van der Waals surface area contributed by atoms with Crippen molar-refractivity contribution < 1.29 is 19.1 Å². The first kappa shape index (κ1) is 24.7. The second-order valence-electron chi connectivity index (χ2n) is 10.4. The number of nitrogens with zero attached hydrogens (tertiary/aromatic N) is 1. The zero-order valence-corrected chi connectivity index (χ0v) is 23.2. The SMILES string of the molecule is COc1ccc(C2C(C(=O)c3ccccc3)N3c4ccc(Br)cc4C=CC3C23C(=O)c2ccccc2C3=O)cc1. The van der Waals surface area contributed by atoms with Crippen LogP contribution in [0.15, 0.2) is 108 Å². The number of fused-ring (bicyclic) bond motifs is 5. The second kappa shape index (κ2) is 9.14. The number of carbonyl (C=O) groups is 3. The molecule has 0 bridgehead atoms. The molecular formula is C34H24BrNO4. The van der Waals surface area contributed by atoms with Crippen molar-refractivity contribution in [3.05, 3.63) is 135 Å². The van der Waals surface area contributed by atoms with Crippen molar-refractivity contribution in [1.29, 1.82) is 0 Å². The highest BCUT2D eigenvalue weighted by Gasteiger charge is 2.71. The molecule has 0 amide bonds. The van der Waals surface area contributed by atoms with Crippen molar-refractivity contribution in [1.82, 2.24) is 0 Å². The molecule has 0 saturated carbocycles. The zero-order chi connectivity index (χ0) is 27.6. The largest absolute Gasteiger partial charge is 0.497 e. The van der Waals surface area contributed by atoms with E-state index in [1.165, 1.54) is 0 Å². The summed E-state index contributed by atoms with van der Waals surface area (Å²) in [7, 11) is 1.59. The Labute approximate surface area is 240 Å². The van der Waals surface area contributed by atoms with E-state index in [1.807, 2.05) is 77.7 Å². The minimum atomic E-state index is -1.52. The smallest absolute Gasteiger partial charge is 0.185 e. The fourth-order valence-corrected chi connectivity index (χ4v) is 7.28. The summed E-state index contributed by atoms with van der Waals surface area (Å²) in [4.78, 5) is 45.9. The van der Waals surface area contributed by atoms with Crippen molar-refractivity contribution in [2.45, 2.75) is 18.0 Å². The van der Waals surface area contributed by atoms with Gasteiger partial charge in [0.05, 0.1) is 13.2 Å². The minimum absolute atomic E-state index is 0.135. The summed E-state index contributed by atoms with van der Waals surface area (Å²) < 4.78 is 6.31. The maximum Gasteiger partial charge on any atom is 0.185 e. The molecular weight excluding hydrogens is 566 g/mol. The molecule has 1 spiro atoms. The number of rotatable bonds is 4. The number of anilines is 1. The zero-order valence-electron chi connectivity index (χ0n) is 21.6. The van der Waals surface area contributed by atoms with E-state index in [0.717, 1.165) is 21.3 Å². The number of Topliss-reactive ketones (excluding diaryl/α,β-unsaturated/α-hetero) is 3. The number of carbonyl (C=O) groups excluding carboxylic acids is 3. The van der Waals surface area contributed by atoms with Crippen LogP contribution in [0.1, 0.15) is 48.1 Å². The number of hydrogen-bond donors (Lipinski definition) is 0. The van der Waals surface area contributed by atoms with Gasteiger partial charge in [-0.1, -0.05) is 94.8 Å². The summed E-state index contributed by atoms with van der Waals surface area (Å²) in [6, 6.07) is 28.0. The summed E-state index contributed by atoms with van der Waals surface area (Å²) >= 11 is 3.56. The number of ketones is 3. The molecule has 7 rings (SSSR count). The standard InChI is InChI=1S/C34H24BrNO4/c1-40-24-15-11-20(12-16-24)29-30(31(37)21-7-3-2-4-8-21)36-27-17-14-23(35)19-22(27)13-18-28(36)34(29)32(38)25-9-5-6-10-26(25)33(34)39/h2-19,28-30H,1H3. The molecule has 4 aromatic rings. The highest BCUT2D eigenvalue weighted by Crippen LogP contribution is 2.61. The number of methoxy groups -OCH3 is 1. The van der Waals surface area contributed by atoms with Crippen molar-refractivity contribution in [2.24, 2.45) is 5.41 Å². The van der Waals surface area contributed by atoms with Gasteiger partial charge in [0.25, 0.3) is 0 Å². The molecule has 2 aliphatic heterocycles. The maximum atomic E-state index is 14.6. The molecule has 1 saturated heterocycles. The van der Waals surface area contributed by atoms with Gasteiger partial charge in [-0.05, 0) is 41.5 Å². The van der Waals surface area contributed by atoms with E-state index in [4.69, 9.17) is 4.74 Å². The molecule has 196 valence electrons. The van der Waals surface area contributed by atoms with Gasteiger partial charge in [0.15, 0.2) is 17.3 Å². The molecule has 1 aliphatic carbocycles. The molecule has 3 aliphatic rings. The van der Waals surface area contributed by atoms with Crippen LogP contribution in [0.3, 0.4) is 0 Å². The molecule has 0 N–H and O–H groups in total. The summed E-state index contributed by atoms with van der Waals surface area (Å²) in [5.41, 5.74) is 2.31. The fraction of sp³-hybridized carbons (Fsp3) is 0.147. The second-order valence-corrected chi connectivity index (χ2v) is 11.3. The predicted octanol–water partition coefficient (Wildman–Crippen LogP) is 6.77. The fourth-order valence-electron chi connectivity index (χ4n) is 6.91. The maximum absolute atomic E-state index is 14.6. The van der Waals surface area contributed by atoms with Gasteiger partial charge in [-0.2, -0.15) is 0 Å². The van der Waals surface area contributed by atoms with Gasteiger partial charge in [-0.15, -0.1) is 0 Å². The molecule has 3 atom stereocenters. The number of benzene rings is 4. The van der Waals surface area contributed by atoms with Crippen molar-refractivity contribution in [2.75, 3.05) is 12.0 Å².